The molecule has 2 amide bonds. The standard InChI is InChI=1S/C10H11FN2O4/c1-12-10(16)13(17-6-9(14)15)8-4-2-7(11)3-5-8/h2-5H,6H2,1H3,(H,12,16)(H,14,15). The first-order chi connectivity index (χ1) is 8.04. The van der Waals surface area contributed by atoms with Crippen molar-refractivity contribution in [3.05, 3.63) is 30.1 Å². The highest BCUT2D eigenvalue weighted by Crippen LogP contribution is 2.15. The van der Waals surface area contributed by atoms with Gasteiger partial charge in [0.25, 0.3) is 0 Å². The number of anilines is 1. The molecule has 0 saturated heterocycles. The minimum Gasteiger partial charge on any atom is -0.479 e. The van der Waals surface area contributed by atoms with Crippen molar-refractivity contribution < 1.29 is 23.9 Å². The van der Waals surface area contributed by atoms with Gasteiger partial charge in [-0.15, -0.1) is 0 Å². The van der Waals surface area contributed by atoms with Crippen LogP contribution in [-0.2, 0) is 9.63 Å². The third-order valence-corrected chi connectivity index (χ3v) is 1.78. The average Bonchev–Trinajstić information content (AvgIpc) is 2.30. The molecule has 1 rings (SSSR count). The minimum absolute atomic E-state index is 0.229. The number of rotatable bonds is 4. The smallest absolute Gasteiger partial charge is 0.345 e. The molecular formula is C10H11FN2O4. The highest BCUT2D eigenvalue weighted by atomic mass is 19.1. The summed E-state index contributed by atoms with van der Waals surface area (Å²) < 4.78 is 12.7. The highest BCUT2D eigenvalue weighted by molar-refractivity contribution is 5.89. The van der Waals surface area contributed by atoms with E-state index in [9.17, 15) is 14.0 Å². The molecule has 0 aliphatic carbocycles. The Bertz CT molecular complexity index is 407. The van der Waals surface area contributed by atoms with Crippen LogP contribution in [-0.4, -0.2) is 30.8 Å². The maximum absolute atomic E-state index is 12.7. The Balaban J connectivity index is 2.85. The van der Waals surface area contributed by atoms with Gasteiger partial charge in [0.05, 0.1) is 5.69 Å². The summed E-state index contributed by atoms with van der Waals surface area (Å²) in [6, 6.07) is 4.21. The second kappa shape index (κ2) is 5.80. The maximum Gasteiger partial charge on any atom is 0.345 e. The van der Waals surface area contributed by atoms with Gasteiger partial charge in [-0.2, -0.15) is 5.06 Å². The second-order valence-corrected chi connectivity index (χ2v) is 2.99. The Hall–Kier alpha value is -2.15. The van der Waals surface area contributed by atoms with Gasteiger partial charge in [-0.05, 0) is 24.3 Å². The van der Waals surface area contributed by atoms with Crippen molar-refractivity contribution in [2.45, 2.75) is 0 Å². The lowest BCUT2D eigenvalue weighted by atomic mass is 10.3. The third-order valence-electron chi connectivity index (χ3n) is 1.78. The summed E-state index contributed by atoms with van der Waals surface area (Å²) in [5, 5.41) is 11.5. The summed E-state index contributed by atoms with van der Waals surface area (Å²) in [5.74, 6) is -1.69. The van der Waals surface area contributed by atoms with Crippen LogP contribution in [0.3, 0.4) is 0 Å². The van der Waals surface area contributed by atoms with E-state index in [2.05, 4.69) is 5.32 Å². The van der Waals surface area contributed by atoms with Crippen molar-refractivity contribution in [2.75, 3.05) is 18.7 Å². The van der Waals surface area contributed by atoms with Crippen LogP contribution in [0.2, 0.25) is 0 Å². The van der Waals surface area contributed by atoms with Gasteiger partial charge in [0, 0.05) is 7.05 Å². The van der Waals surface area contributed by atoms with Crippen LogP contribution in [0.4, 0.5) is 14.9 Å². The fourth-order valence-corrected chi connectivity index (χ4v) is 1.05. The van der Waals surface area contributed by atoms with Crippen molar-refractivity contribution >= 4 is 17.7 Å². The van der Waals surface area contributed by atoms with Gasteiger partial charge in [0.1, 0.15) is 5.82 Å². The zero-order valence-electron chi connectivity index (χ0n) is 9.01. The molecular weight excluding hydrogens is 231 g/mol. The van der Waals surface area contributed by atoms with E-state index in [1.807, 2.05) is 0 Å². The predicted octanol–water partition coefficient (Wildman–Crippen LogP) is 0.988. The number of nitrogens with zero attached hydrogens (tertiary/aromatic N) is 1. The van der Waals surface area contributed by atoms with Crippen molar-refractivity contribution in [1.82, 2.24) is 5.32 Å². The van der Waals surface area contributed by atoms with Gasteiger partial charge in [-0.3, -0.25) is 4.84 Å². The van der Waals surface area contributed by atoms with Crippen LogP contribution >= 0.6 is 0 Å². The number of carboxylic acids is 1. The molecule has 6 nitrogen and oxygen atoms in total. The monoisotopic (exact) mass is 242 g/mol. The zero-order chi connectivity index (χ0) is 12.8. The molecule has 0 spiro atoms. The number of amides is 2. The van der Waals surface area contributed by atoms with Crippen molar-refractivity contribution in [3.8, 4) is 0 Å². The molecule has 17 heavy (non-hydrogen) atoms. The summed E-state index contributed by atoms with van der Waals surface area (Å²) in [6.07, 6.45) is 0. The molecule has 7 heteroatoms. The molecule has 0 saturated carbocycles. The SMILES string of the molecule is CNC(=O)N(OCC(=O)O)c1ccc(F)cc1. The number of urea groups is 1. The fourth-order valence-electron chi connectivity index (χ4n) is 1.05. The molecule has 0 unspecified atom stereocenters. The quantitative estimate of drug-likeness (QED) is 0.771. The molecule has 0 fully saturated rings. The zero-order valence-corrected chi connectivity index (χ0v) is 9.01. The lowest BCUT2D eigenvalue weighted by molar-refractivity contribution is -0.142. The van der Waals surface area contributed by atoms with Crippen molar-refractivity contribution in [1.29, 1.82) is 0 Å². The molecule has 0 heterocycles. The topological polar surface area (TPSA) is 78.9 Å². The number of carboxylic acid groups (broad SMARTS) is 1. The molecule has 0 atom stereocenters. The van der Waals surface area contributed by atoms with E-state index in [-0.39, 0.29) is 5.69 Å². The van der Waals surface area contributed by atoms with Crippen LogP contribution in [0.1, 0.15) is 0 Å². The van der Waals surface area contributed by atoms with Crippen LogP contribution in [0.15, 0.2) is 24.3 Å². The van der Waals surface area contributed by atoms with Gasteiger partial charge in [0.2, 0.25) is 0 Å². The first-order valence-electron chi connectivity index (χ1n) is 4.66. The molecule has 0 bridgehead atoms. The number of carbonyl (C=O) groups excluding carboxylic acids is 1. The Morgan fingerprint density at radius 1 is 1.41 bits per heavy atom. The van der Waals surface area contributed by atoms with E-state index in [0.29, 0.717) is 0 Å². The maximum atomic E-state index is 12.7. The second-order valence-electron chi connectivity index (χ2n) is 2.99. The Kier molecular flexibility index (Phi) is 4.41. The van der Waals surface area contributed by atoms with Crippen LogP contribution in [0.5, 0.6) is 0 Å². The summed E-state index contributed by atoms with van der Waals surface area (Å²) >= 11 is 0. The number of halogens is 1. The molecule has 0 aliphatic rings. The summed E-state index contributed by atoms with van der Waals surface area (Å²) in [4.78, 5) is 26.6. The number of nitrogens with one attached hydrogen (secondary N) is 1. The third kappa shape index (κ3) is 3.72. The summed E-state index contributed by atoms with van der Waals surface area (Å²) in [6.45, 7) is -0.676. The van der Waals surface area contributed by atoms with E-state index < -0.39 is 24.4 Å². The first kappa shape index (κ1) is 12.9. The number of aliphatic carboxylic acids is 1. The molecule has 0 aromatic heterocycles. The van der Waals surface area contributed by atoms with E-state index in [1.165, 1.54) is 19.2 Å². The van der Waals surface area contributed by atoms with E-state index in [4.69, 9.17) is 9.94 Å². The van der Waals surface area contributed by atoms with E-state index >= 15 is 0 Å². The summed E-state index contributed by atoms with van der Waals surface area (Å²) in [7, 11) is 1.36. The largest absolute Gasteiger partial charge is 0.479 e. The Labute approximate surface area is 96.6 Å². The van der Waals surface area contributed by atoms with Gasteiger partial charge in [0.15, 0.2) is 6.61 Å². The number of carbonyl (C=O) groups is 2. The van der Waals surface area contributed by atoms with E-state index in [1.54, 1.807) is 0 Å². The lowest BCUT2D eigenvalue weighted by Crippen LogP contribution is -2.39. The van der Waals surface area contributed by atoms with Gasteiger partial charge < -0.3 is 10.4 Å². The Morgan fingerprint density at radius 3 is 2.47 bits per heavy atom. The fraction of sp³-hybridized carbons (Fsp3) is 0.200. The van der Waals surface area contributed by atoms with Crippen LogP contribution in [0, 0.1) is 5.82 Å². The number of hydrogen-bond donors (Lipinski definition) is 2. The van der Waals surface area contributed by atoms with Crippen molar-refractivity contribution in [2.24, 2.45) is 0 Å². The number of hydroxylamine groups is 1. The number of benzene rings is 1. The normalized spacial score (nSPS) is 9.76. The van der Waals surface area contributed by atoms with E-state index in [0.717, 1.165) is 17.2 Å². The Morgan fingerprint density at radius 2 is 2.00 bits per heavy atom. The van der Waals surface area contributed by atoms with Crippen molar-refractivity contribution in [3.63, 3.8) is 0 Å². The average molecular weight is 242 g/mol. The minimum atomic E-state index is -1.22. The molecule has 92 valence electrons. The first-order valence-corrected chi connectivity index (χ1v) is 4.66. The number of hydrogen-bond acceptors (Lipinski definition) is 3. The molecule has 2 N–H and O–H groups in total. The van der Waals surface area contributed by atoms with Gasteiger partial charge in [-0.1, -0.05) is 0 Å². The molecule has 0 radical (unpaired) electrons. The van der Waals surface area contributed by atoms with Crippen LogP contribution in [0.25, 0.3) is 0 Å². The predicted molar refractivity (Wildman–Crippen MR) is 56.9 cm³/mol. The summed E-state index contributed by atoms with van der Waals surface area (Å²) in [5.41, 5.74) is 0.229. The highest BCUT2D eigenvalue weighted by Gasteiger charge is 2.16. The molecule has 1 aromatic carbocycles. The van der Waals surface area contributed by atoms with Crippen LogP contribution < -0.4 is 10.4 Å². The molecule has 0 aliphatic heterocycles. The lowest BCUT2D eigenvalue weighted by Gasteiger charge is -2.20. The van der Waals surface area contributed by atoms with Gasteiger partial charge in [-0.25, -0.2) is 14.0 Å². The molecule has 1 aromatic rings. The van der Waals surface area contributed by atoms with Gasteiger partial charge >= 0.3 is 12.0 Å².